The number of fused-ring (bicyclic) bond motifs is 1. The van der Waals surface area contributed by atoms with Crippen molar-refractivity contribution in [2.45, 2.75) is 16.8 Å². The number of rotatable bonds is 5. The van der Waals surface area contributed by atoms with Gasteiger partial charge in [0, 0.05) is 37.9 Å². The van der Waals surface area contributed by atoms with Crippen molar-refractivity contribution in [1.82, 2.24) is 22.9 Å². The monoisotopic (exact) mass is 449 g/mol. The van der Waals surface area contributed by atoms with Gasteiger partial charge in [0.2, 0.25) is 10.0 Å². The van der Waals surface area contributed by atoms with E-state index in [9.17, 15) is 13.2 Å². The minimum Gasteiger partial charge on any atom is -0.336 e. The van der Waals surface area contributed by atoms with E-state index in [1.807, 2.05) is 6.92 Å². The second-order valence-electron chi connectivity index (χ2n) is 6.40. The highest BCUT2D eigenvalue weighted by Crippen LogP contribution is 2.25. The summed E-state index contributed by atoms with van der Waals surface area (Å²) in [4.78, 5) is 18.9. The average molecular weight is 450 g/mol. The molecule has 29 heavy (non-hydrogen) atoms. The fraction of sp³-hybridized carbons (Fsp3) is 0.333. The number of thioether (sulfide) groups is 1. The second-order valence-corrected chi connectivity index (χ2v) is 10.1. The lowest BCUT2D eigenvalue weighted by Crippen LogP contribution is -2.50. The Bertz CT molecular complexity index is 1140. The van der Waals surface area contributed by atoms with Gasteiger partial charge in [-0.05, 0) is 30.0 Å². The molecule has 1 saturated heterocycles. The Hall–Kier alpha value is -2.08. The van der Waals surface area contributed by atoms with Crippen molar-refractivity contribution in [2.75, 3.05) is 31.9 Å². The van der Waals surface area contributed by atoms with E-state index in [4.69, 9.17) is 0 Å². The quantitative estimate of drug-likeness (QED) is 0.552. The summed E-state index contributed by atoms with van der Waals surface area (Å²) < 4.78 is 35.9. The van der Waals surface area contributed by atoms with Crippen molar-refractivity contribution in [3.63, 3.8) is 0 Å². The van der Waals surface area contributed by atoms with Gasteiger partial charge in [-0.2, -0.15) is 13.1 Å². The van der Waals surface area contributed by atoms with Crippen molar-refractivity contribution in [3.8, 4) is 0 Å². The average Bonchev–Trinajstić information content (AvgIpc) is 3.22. The minimum atomic E-state index is -3.70. The van der Waals surface area contributed by atoms with Crippen LogP contribution >= 0.6 is 23.5 Å². The third-order valence-electron chi connectivity index (χ3n) is 4.67. The summed E-state index contributed by atoms with van der Waals surface area (Å²) in [5.74, 6) is 0.774. The van der Waals surface area contributed by atoms with Crippen molar-refractivity contribution in [1.29, 1.82) is 0 Å². The molecule has 152 valence electrons. The highest BCUT2D eigenvalue weighted by Gasteiger charge is 2.32. The number of benzene rings is 1. The Morgan fingerprint density at radius 1 is 1.17 bits per heavy atom. The Balaban J connectivity index is 1.48. The van der Waals surface area contributed by atoms with Crippen LogP contribution in [-0.2, 0) is 10.0 Å². The molecule has 1 aromatic carbocycles. The summed E-state index contributed by atoms with van der Waals surface area (Å²) in [6, 6.07) is 8.46. The molecule has 11 heteroatoms. The van der Waals surface area contributed by atoms with Crippen molar-refractivity contribution >= 4 is 50.5 Å². The smallest absolute Gasteiger partial charge is 0.254 e. The van der Waals surface area contributed by atoms with Crippen LogP contribution in [0.5, 0.6) is 0 Å². The topological polar surface area (TPSA) is 96.4 Å². The van der Waals surface area contributed by atoms with Gasteiger partial charge in [0.15, 0.2) is 0 Å². The molecule has 0 bridgehead atoms. The van der Waals surface area contributed by atoms with E-state index in [2.05, 4.69) is 13.7 Å². The fourth-order valence-electron chi connectivity index (χ4n) is 3.21. The van der Waals surface area contributed by atoms with Crippen LogP contribution in [0.25, 0.3) is 11.0 Å². The molecule has 0 aliphatic carbocycles. The molecule has 1 aliphatic rings. The number of carbonyl (C=O) groups is 1. The van der Waals surface area contributed by atoms with Crippen LogP contribution in [0, 0.1) is 0 Å². The van der Waals surface area contributed by atoms with Gasteiger partial charge in [0.25, 0.3) is 5.91 Å². The zero-order valence-corrected chi connectivity index (χ0v) is 18.1. The molecular weight excluding hydrogens is 430 g/mol. The normalized spacial score (nSPS) is 15.7. The van der Waals surface area contributed by atoms with Crippen molar-refractivity contribution in [2.24, 2.45) is 0 Å². The van der Waals surface area contributed by atoms with Crippen LogP contribution in [0.15, 0.2) is 46.5 Å². The standard InChI is InChI=1S/C18H19N5O3S3/c1-2-27-16-12-13(6-7-19-16)18(24)22-8-10-23(11-9-22)29(25,26)15-5-3-4-14-17(15)21-28-20-14/h3-7,12H,2,8-11H2,1H3. The van der Waals surface area contributed by atoms with Gasteiger partial charge in [0.05, 0.1) is 16.8 Å². The van der Waals surface area contributed by atoms with E-state index in [0.717, 1.165) is 22.5 Å². The molecule has 0 spiro atoms. The Morgan fingerprint density at radius 2 is 1.97 bits per heavy atom. The van der Waals surface area contributed by atoms with E-state index < -0.39 is 10.0 Å². The van der Waals surface area contributed by atoms with E-state index in [1.54, 1.807) is 53.2 Å². The summed E-state index contributed by atoms with van der Waals surface area (Å²) in [5, 5.41) is 0.810. The summed E-state index contributed by atoms with van der Waals surface area (Å²) >= 11 is 2.57. The number of pyridine rings is 1. The van der Waals surface area contributed by atoms with Gasteiger partial charge in [-0.15, -0.1) is 11.8 Å². The molecule has 1 fully saturated rings. The first-order valence-corrected chi connectivity index (χ1v) is 12.3. The number of aromatic nitrogens is 3. The molecule has 8 nitrogen and oxygen atoms in total. The molecule has 0 N–H and O–H groups in total. The molecule has 2 aromatic heterocycles. The van der Waals surface area contributed by atoms with Gasteiger partial charge in [0.1, 0.15) is 15.9 Å². The molecular formula is C18H19N5O3S3. The summed E-state index contributed by atoms with van der Waals surface area (Å²) in [7, 11) is -3.70. The number of amides is 1. The lowest BCUT2D eigenvalue weighted by atomic mass is 10.2. The fourth-order valence-corrected chi connectivity index (χ4v) is 6.03. The van der Waals surface area contributed by atoms with Crippen LogP contribution in [0.3, 0.4) is 0 Å². The molecule has 0 unspecified atom stereocenters. The molecule has 0 saturated carbocycles. The molecule has 1 aliphatic heterocycles. The number of carbonyl (C=O) groups excluding carboxylic acids is 1. The largest absolute Gasteiger partial charge is 0.336 e. The maximum absolute atomic E-state index is 13.1. The highest BCUT2D eigenvalue weighted by atomic mass is 32.2. The molecule has 4 rings (SSSR count). The first-order chi connectivity index (χ1) is 14.0. The van der Waals surface area contributed by atoms with Crippen LogP contribution in [0.2, 0.25) is 0 Å². The maximum atomic E-state index is 13.1. The van der Waals surface area contributed by atoms with Gasteiger partial charge in [-0.25, -0.2) is 13.4 Å². The Kier molecular flexibility index (Phi) is 5.81. The lowest BCUT2D eigenvalue weighted by Gasteiger charge is -2.34. The zero-order chi connectivity index (χ0) is 20.4. The summed E-state index contributed by atoms with van der Waals surface area (Å²) in [6.45, 7) is 3.18. The van der Waals surface area contributed by atoms with E-state index >= 15 is 0 Å². The molecule has 0 radical (unpaired) electrons. The number of piperazine rings is 1. The molecule has 1 amide bonds. The predicted molar refractivity (Wildman–Crippen MR) is 113 cm³/mol. The molecule has 3 heterocycles. The zero-order valence-electron chi connectivity index (χ0n) is 15.7. The number of hydrogen-bond donors (Lipinski definition) is 0. The third kappa shape index (κ3) is 4.00. The van der Waals surface area contributed by atoms with Crippen LogP contribution < -0.4 is 0 Å². The van der Waals surface area contributed by atoms with Crippen molar-refractivity contribution in [3.05, 3.63) is 42.1 Å². The number of hydrogen-bond acceptors (Lipinski definition) is 8. The summed E-state index contributed by atoms with van der Waals surface area (Å²) in [6.07, 6.45) is 1.63. The lowest BCUT2D eigenvalue weighted by molar-refractivity contribution is 0.0697. The first-order valence-electron chi connectivity index (χ1n) is 9.10. The van der Waals surface area contributed by atoms with Crippen LogP contribution in [-0.4, -0.2) is 69.2 Å². The molecule has 3 aromatic rings. The number of sulfonamides is 1. The predicted octanol–water partition coefficient (Wildman–Crippen LogP) is 2.35. The minimum absolute atomic E-state index is 0.104. The van der Waals surface area contributed by atoms with Crippen LogP contribution in [0.4, 0.5) is 0 Å². The van der Waals surface area contributed by atoms with Crippen molar-refractivity contribution < 1.29 is 13.2 Å². The van der Waals surface area contributed by atoms with Gasteiger partial charge < -0.3 is 4.90 Å². The van der Waals surface area contributed by atoms with E-state index in [0.29, 0.717) is 29.7 Å². The van der Waals surface area contributed by atoms with Crippen LogP contribution in [0.1, 0.15) is 17.3 Å². The summed E-state index contributed by atoms with van der Waals surface area (Å²) in [5.41, 5.74) is 1.54. The number of nitrogens with zero attached hydrogens (tertiary/aromatic N) is 5. The Morgan fingerprint density at radius 3 is 2.72 bits per heavy atom. The first kappa shape index (κ1) is 20.2. The Labute approximate surface area is 177 Å². The molecule has 0 atom stereocenters. The van der Waals surface area contributed by atoms with Gasteiger partial charge >= 0.3 is 0 Å². The van der Waals surface area contributed by atoms with E-state index in [-0.39, 0.29) is 23.9 Å². The maximum Gasteiger partial charge on any atom is 0.254 e. The second kappa shape index (κ2) is 8.34. The van der Waals surface area contributed by atoms with E-state index in [1.165, 1.54) is 4.31 Å². The third-order valence-corrected chi connectivity index (χ3v) is 7.95. The van der Waals surface area contributed by atoms with Gasteiger partial charge in [-0.3, -0.25) is 4.79 Å². The SMILES string of the molecule is CCSc1cc(C(=O)N2CCN(S(=O)(=O)c3cccc4nsnc34)CC2)ccn1. The highest BCUT2D eigenvalue weighted by molar-refractivity contribution is 7.99. The van der Waals surface area contributed by atoms with Gasteiger partial charge in [-0.1, -0.05) is 13.0 Å².